The van der Waals surface area contributed by atoms with Crippen molar-refractivity contribution in [1.82, 2.24) is 9.55 Å². The van der Waals surface area contributed by atoms with Gasteiger partial charge in [-0.1, -0.05) is 20.4 Å². The minimum absolute atomic E-state index is 0.0429. The molecule has 0 saturated carbocycles. The second-order valence-corrected chi connectivity index (χ2v) is 7.65. The average molecular weight is 408 g/mol. The molecule has 0 fully saturated rings. The first-order valence-electron chi connectivity index (χ1n) is 9.99. The van der Waals surface area contributed by atoms with Crippen LogP contribution >= 0.6 is 0 Å². The van der Waals surface area contributed by atoms with Crippen molar-refractivity contribution in [2.45, 2.75) is 52.4 Å². The van der Waals surface area contributed by atoms with Crippen LogP contribution in [0, 0.1) is 6.92 Å². The Morgan fingerprint density at radius 3 is 2.73 bits per heavy atom. The van der Waals surface area contributed by atoms with Gasteiger partial charge in [-0.3, -0.25) is 9.78 Å². The van der Waals surface area contributed by atoms with E-state index in [1.165, 1.54) is 6.08 Å². The maximum absolute atomic E-state index is 13.2. The predicted molar refractivity (Wildman–Crippen MR) is 112 cm³/mol. The molecule has 1 atom stereocenters. The highest BCUT2D eigenvalue weighted by atomic mass is 16.6. The first-order chi connectivity index (χ1) is 14.3. The van der Waals surface area contributed by atoms with Gasteiger partial charge in [-0.2, -0.15) is 0 Å². The number of cyclic esters (lactones) is 1. The molecule has 2 aliphatic rings. The largest absolute Gasteiger partial charge is 0.508 e. The van der Waals surface area contributed by atoms with Gasteiger partial charge in [-0.05, 0) is 43.5 Å². The normalized spacial score (nSPS) is 19.7. The van der Waals surface area contributed by atoms with Gasteiger partial charge in [-0.15, -0.1) is 0 Å². The molecule has 0 spiro atoms. The molecule has 0 aromatic carbocycles. The van der Waals surface area contributed by atoms with Crippen molar-refractivity contribution in [3.63, 3.8) is 0 Å². The fourth-order valence-electron chi connectivity index (χ4n) is 4.41. The van der Waals surface area contributed by atoms with Gasteiger partial charge in [0.1, 0.15) is 12.4 Å². The summed E-state index contributed by atoms with van der Waals surface area (Å²) in [5.74, 6) is -0.694. The third kappa shape index (κ3) is 2.65. The summed E-state index contributed by atoms with van der Waals surface area (Å²) in [5, 5.41) is 20.9. The lowest BCUT2D eigenvalue weighted by Gasteiger charge is -2.31. The molecule has 7 nitrogen and oxygen atoms in total. The van der Waals surface area contributed by atoms with Gasteiger partial charge in [-0.25, -0.2) is 4.79 Å². The molecule has 0 unspecified atom stereocenters. The average Bonchev–Trinajstić information content (AvgIpc) is 3.10. The number of rotatable bonds is 4. The predicted octanol–water partition coefficient (Wildman–Crippen LogP) is 2.88. The van der Waals surface area contributed by atoms with Crippen molar-refractivity contribution >= 4 is 12.0 Å². The molecule has 2 N–H and O–H groups in total. The monoisotopic (exact) mass is 408 g/mol. The number of hydrogen-bond acceptors (Lipinski definition) is 6. The van der Waals surface area contributed by atoms with Crippen LogP contribution in [0.1, 0.15) is 53.8 Å². The standard InChI is InChI=1S/C23H24N2O5/c1-5-13(26)8-15-12(4)24-20-16(14(15)6-2)10-25-19(20)9-18-17(21(25)27)11-30-22(28)23(18,29)7-3/h5,8-9,26,29H,1,6-7,10-11H2,2-4H3/b13-8+/t23-/m0/s1. The molecule has 30 heavy (non-hydrogen) atoms. The van der Waals surface area contributed by atoms with Gasteiger partial charge < -0.3 is 19.5 Å². The second-order valence-electron chi connectivity index (χ2n) is 7.65. The number of fused-ring (bicyclic) bond motifs is 4. The van der Waals surface area contributed by atoms with Gasteiger partial charge in [0.2, 0.25) is 0 Å². The summed E-state index contributed by atoms with van der Waals surface area (Å²) < 4.78 is 6.72. The van der Waals surface area contributed by atoms with E-state index in [1.807, 2.05) is 13.8 Å². The molecular formula is C23H24N2O5. The minimum Gasteiger partial charge on any atom is -0.508 e. The van der Waals surface area contributed by atoms with E-state index in [4.69, 9.17) is 9.72 Å². The summed E-state index contributed by atoms with van der Waals surface area (Å²) in [6.07, 6.45) is 3.78. The molecule has 4 heterocycles. The molecule has 0 aliphatic carbocycles. The van der Waals surface area contributed by atoms with Crippen LogP contribution in [0.3, 0.4) is 0 Å². The smallest absolute Gasteiger partial charge is 0.343 e. The van der Waals surface area contributed by atoms with E-state index in [-0.39, 0.29) is 24.3 Å². The van der Waals surface area contributed by atoms with Gasteiger partial charge in [0.05, 0.1) is 23.5 Å². The molecule has 156 valence electrons. The van der Waals surface area contributed by atoms with Gasteiger partial charge in [0, 0.05) is 22.4 Å². The van der Waals surface area contributed by atoms with E-state index in [1.54, 1.807) is 23.6 Å². The number of nitrogens with zero attached hydrogens (tertiary/aromatic N) is 2. The number of allylic oxidation sites excluding steroid dienone is 1. The number of carbonyl (C=O) groups excluding carboxylic acids is 1. The van der Waals surface area contributed by atoms with E-state index in [0.29, 0.717) is 41.2 Å². The van der Waals surface area contributed by atoms with Gasteiger partial charge in [0.25, 0.3) is 5.56 Å². The second kappa shape index (κ2) is 6.95. The Morgan fingerprint density at radius 1 is 1.37 bits per heavy atom. The van der Waals surface area contributed by atoms with Crippen molar-refractivity contribution in [3.05, 3.63) is 68.3 Å². The Kier molecular flexibility index (Phi) is 4.66. The van der Waals surface area contributed by atoms with Crippen LogP contribution in [0.25, 0.3) is 17.5 Å². The number of ether oxygens (including phenoxy) is 1. The summed E-state index contributed by atoms with van der Waals surface area (Å²) >= 11 is 0. The maximum atomic E-state index is 13.2. The zero-order chi connectivity index (χ0) is 21.8. The Balaban J connectivity index is 2.00. The molecule has 0 radical (unpaired) electrons. The number of hydrogen-bond donors (Lipinski definition) is 2. The number of pyridine rings is 2. The number of esters is 1. The number of aryl methyl sites for hydroxylation is 1. The van der Waals surface area contributed by atoms with E-state index < -0.39 is 11.6 Å². The Labute approximate surface area is 174 Å². The minimum atomic E-state index is -1.84. The molecule has 0 bridgehead atoms. The van der Waals surface area contributed by atoms with Gasteiger partial charge in [0.15, 0.2) is 5.60 Å². The van der Waals surface area contributed by atoms with Crippen molar-refractivity contribution in [2.24, 2.45) is 0 Å². The summed E-state index contributed by atoms with van der Waals surface area (Å²) in [6, 6.07) is 1.70. The Morgan fingerprint density at radius 2 is 2.10 bits per heavy atom. The van der Waals surface area contributed by atoms with Gasteiger partial charge >= 0.3 is 5.97 Å². The summed E-state index contributed by atoms with van der Waals surface area (Å²) in [6.45, 7) is 9.30. The first-order valence-corrected chi connectivity index (χ1v) is 9.99. The molecule has 4 rings (SSSR count). The lowest BCUT2D eigenvalue weighted by Crippen LogP contribution is -2.44. The molecule has 2 aliphatic heterocycles. The van der Waals surface area contributed by atoms with Crippen LogP contribution in [0.15, 0.2) is 29.3 Å². The molecule has 7 heteroatoms. The van der Waals surface area contributed by atoms with Crippen LogP contribution in [-0.4, -0.2) is 25.7 Å². The lowest BCUT2D eigenvalue weighted by atomic mass is 9.86. The highest BCUT2D eigenvalue weighted by Gasteiger charge is 2.45. The molecule has 0 amide bonds. The van der Waals surface area contributed by atoms with E-state index >= 15 is 0 Å². The summed E-state index contributed by atoms with van der Waals surface area (Å²) in [4.78, 5) is 30.2. The topological polar surface area (TPSA) is 102 Å². The third-order valence-corrected chi connectivity index (χ3v) is 6.10. The van der Waals surface area contributed by atoms with Crippen LogP contribution < -0.4 is 5.56 Å². The van der Waals surface area contributed by atoms with Crippen LogP contribution in [0.2, 0.25) is 0 Å². The zero-order valence-electron chi connectivity index (χ0n) is 17.3. The van der Waals surface area contributed by atoms with Crippen LogP contribution in [-0.2, 0) is 34.7 Å². The maximum Gasteiger partial charge on any atom is 0.343 e. The molecule has 0 saturated heterocycles. The van der Waals surface area contributed by atoms with E-state index in [2.05, 4.69) is 6.58 Å². The highest BCUT2D eigenvalue weighted by molar-refractivity contribution is 5.84. The fraction of sp³-hybridized carbons (Fsp3) is 0.348. The van der Waals surface area contributed by atoms with E-state index in [9.17, 15) is 19.8 Å². The first kappa shape index (κ1) is 20.1. The summed E-state index contributed by atoms with van der Waals surface area (Å²) in [5.41, 5.74) is 3.13. The molecular weight excluding hydrogens is 384 g/mol. The third-order valence-electron chi connectivity index (χ3n) is 6.10. The number of aromatic nitrogens is 2. The van der Waals surface area contributed by atoms with Crippen LogP contribution in [0.5, 0.6) is 0 Å². The SMILES string of the molecule is C=C/C(O)=C\c1c(C)nc2c(c1CC)Cn1c-2cc2c(c1=O)COC(=O)[C@]2(O)CC. The molecule has 2 aromatic heterocycles. The Hall–Kier alpha value is -3.19. The van der Waals surface area contributed by atoms with E-state index in [0.717, 1.165) is 16.7 Å². The van der Waals surface area contributed by atoms with Crippen molar-refractivity contribution in [2.75, 3.05) is 0 Å². The molecule has 2 aromatic rings. The highest BCUT2D eigenvalue weighted by Crippen LogP contribution is 2.40. The summed E-state index contributed by atoms with van der Waals surface area (Å²) in [7, 11) is 0. The quantitative estimate of drug-likeness (QED) is 0.391. The number of aliphatic hydroxyl groups excluding tert-OH is 1. The fourth-order valence-corrected chi connectivity index (χ4v) is 4.41. The number of aliphatic hydroxyl groups is 2. The van der Waals surface area contributed by atoms with Crippen LogP contribution in [0.4, 0.5) is 0 Å². The number of carbonyl (C=O) groups is 1. The van der Waals surface area contributed by atoms with Crippen molar-refractivity contribution in [1.29, 1.82) is 0 Å². The lowest BCUT2D eigenvalue weighted by molar-refractivity contribution is -0.172. The Bertz CT molecular complexity index is 1190. The van der Waals surface area contributed by atoms with Crippen molar-refractivity contribution in [3.8, 4) is 11.4 Å². The zero-order valence-corrected chi connectivity index (χ0v) is 17.3. The van der Waals surface area contributed by atoms with Crippen molar-refractivity contribution < 1.29 is 19.7 Å².